The predicted molar refractivity (Wildman–Crippen MR) is 56.7 cm³/mol. The topological polar surface area (TPSA) is 89.4 Å². The van der Waals surface area contributed by atoms with Crippen molar-refractivity contribution in [3.05, 3.63) is 0 Å². The fourth-order valence-corrected chi connectivity index (χ4v) is 1.77. The maximum atomic E-state index is 11.8. The number of amides is 2. The van der Waals surface area contributed by atoms with Gasteiger partial charge in [-0.3, -0.25) is 9.59 Å². The lowest BCUT2D eigenvalue weighted by Crippen LogP contribution is -2.60. The van der Waals surface area contributed by atoms with E-state index in [0.717, 1.165) is 0 Å². The summed E-state index contributed by atoms with van der Waals surface area (Å²) >= 11 is 0. The average Bonchev–Trinajstić information content (AvgIpc) is 1.99. The molecule has 0 aliphatic carbocycles. The van der Waals surface area contributed by atoms with Gasteiger partial charge >= 0.3 is 0 Å². The molecule has 0 aromatic rings. The van der Waals surface area contributed by atoms with Gasteiger partial charge < -0.3 is 16.4 Å². The molecule has 0 radical (unpaired) electrons. The van der Waals surface area contributed by atoms with Crippen LogP contribution in [0.1, 0.15) is 26.7 Å². The number of likely N-dealkylation sites (tertiary alicyclic amines) is 1. The van der Waals surface area contributed by atoms with E-state index < -0.39 is 18.0 Å². The second-order valence-electron chi connectivity index (χ2n) is 4.47. The van der Waals surface area contributed by atoms with Crippen LogP contribution in [-0.2, 0) is 9.59 Å². The number of hydrogen-bond donors (Lipinski definition) is 2. The minimum Gasteiger partial charge on any atom is -0.368 e. The molecule has 0 bridgehead atoms. The summed E-state index contributed by atoms with van der Waals surface area (Å²) in [6, 6.07) is -0.942. The van der Waals surface area contributed by atoms with Gasteiger partial charge in [-0.15, -0.1) is 0 Å². The van der Waals surface area contributed by atoms with Crippen molar-refractivity contribution in [2.75, 3.05) is 6.54 Å². The van der Waals surface area contributed by atoms with Crippen molar-refractivity contribution < 1.29 is 9.59 Å². The van der Waals surface area contributed by atoms with E-state index in [1.165, 1.54) is 4.90 Å². The van der Waals surface area contributed by atoms with E-state index in [1.807, 2.05) is 13.8 Å². The molecule has 1 aliphatic rings. The minimum atomic E-state index is -0.507. The molecule has 5 nitrogen and oxygen atoms in total. The van der Waals surface area contributed by atoms with Crippen LogP contribution in [0.4, 0.5) is 0 Å². The minimum absolute atomic E-state index is 0.154. The highest BCUT2D eigenvalue weighted by Crippen LogP contribution is 2.19. The number of nitrogens with two attached hydrogens (primary N) is 2. The van der Waals surface area contributed by atoms with Gasteiger partial charge in [-0.25, -0.2) is 0 Å². The number of hydrogen-bond acceptors (Lipinski definition) is 3. The lowest BCUT2D eigenvalue weighted by Gasteiger charge is -2.40. The SMILES string of the molecule is CC(C)C[C@H](N)C(=O)N1CCC1C(N)=O. The maximum absolute atomic E-state index is 11.8. The van der Waals surface area contributed by atoms with Gasteiger partial charge in [0.25, 0.3) is 0 Å². The lowest BCUT2D eigenvalue weighted by molar-refractivity contribution is -0.147. The van der Waals surface area contributed by atoms with Crippen LogP contribution < -0.4 is 11.5 Å². The van der Waals surface area contributed by atoms with Gasteiger partial charge in [-0.05, 0) is 18.8 Å². The predicted octanol–water partition coefficient (Wildman–Crippen LogP) is -0.554. The number of primary amides is 1. The Hall–Kier alpha value is -1.10. The van der Waals surface area contributed by atoms with E-state index >= 15 is 0 Å². The summed E-state index contributed by atoms with van der Waals surface area (Å²) in [5.74, 6) is -0.220. The van der Waals surface area contributed by atoms with Gasteiger partial charge in [-0.1, -0.05) is 13.8 Å². The molecular formula is C10H19N3O2. The summed E-state index contributed by atoms with van der Waals surface area (Å²) in [5, 5.41) is 0. The van der Waals surface area contributed by atoms with Crippen LogP contribution in [0, 0.1) is 5.92 Å². The Labute approximate surface area is 89.8 Å². The molecule has 0 aromatic carbocycles. The smallest absolute Gasteiger partial charge is 0.240 e. The monoisotopic (exact) mass is 213 g/mol. The van der Waals surface area contributed by atoms with Crippen LogP contribution in [0.25, 0.3) is 0 Å². The highest BCUT2D eigenvalue weighted by atomic mass is 16.2. The Morgan fingerprint density at radius 3 is 2.40 bits per heavy atom. The van der Waals surface area contributed by atoms with E-state index in [4.69, 9.17) is 11.5 Å². The summed E-state index contributed by atoms with van der Waals surface area (Å²) in [5.41, 5.74) is 10.9. The Balaban J connectivity index is 2.50. The largest absolute Gasteiger partial charge is 0.368 e. The molecule has 1 aliphatic heterocycles. The molecule has 0 saturated carbocycles. The molecule has 1 saturated heterocycles. The van der Waals surface area contributed by atoms with Gasteiger partial charge in [0, 0.05) is 6.54 Å². The quantitative estimate of drug-likeness (QED) is 0.656. The first kappa shape index (κ1) is 12.0. The van der Waals surface area contributed by atoms with Crippen LogP contribution in [0.2, 0.25) is 0 Å². The maximum Gasteiger partial charge on any atom is 0.240 e. The molecule has 5 heteroatoms. The molecule has 0 spiro atoms. The van der Waals surface area contributed by atoms with Crippen molar-refractivity contribution in [3.63, 3.8) is 0 Å². The summed E-state index contributed by atoms with van der Waals surface area (Å²) in [4.78, 5) is 24.2. The van der Waals surface area contributed by atoms with Crippen molar-refractivity contribution in [3.8, 4) is 0 Å². The molecule has 0 aromatic heterocycles. The molecular weight excluding hydrogens is 194 g/mol. The van der Waals surface area contributed by atoms with Gasteiger partial charge in [-0.2, -0.15) is 0 Å². The number of nitrogens with zero attached hydrogens (tertiary/aromatic N) is 1. The Bertz CT molecular complexity index is 265. The second-order valence-corrected chi connectivity index (χ2v) is 4.47. The van der Waals surface area contributed by atoms with Crippen molar-refractivity contribution in [1.82, 2.24) is 4.90 Å². The summed E-state index contributed by atoms with van der Waals surface area (Å²) in [6.07, 6.45) is 1.30. The standard InChI is InChI=1S/C10H19N3O2/c1-6(2)5-7(11)10(15)13-4-3-8(13)9(12)14/h6-8H,3-5,11H2,1-2H3,(H2,12,14)/t7-,8?/m0/s1. The van der Waals surface area contributed by atoms with E-state index in [1.54, 1.807) is 0 Å². The lowest BCUT2D eigenvalue weighted by atomic mass is 9.97. The van der Waals surface area contributed by atoms with Crippen LogP contribution in [-0.4, -0.2) is 35.3 Å². The molecule has 15 heavy (non-hydrogen) atoms. The third kappa shape index (κ3) is 2.68. The third-order valence-electron chi connectivity index (χ3n) is 2.67. The van der Waals surface area contributed by atoms with Crippen LogP contribution >= 0.6 is 0 Å². The Kier molecular flexibility index (Phi) is 3.68. The summed E-state index contributed by atoms with van der Waals surface area (Å²) in [7, 11) is 0. The van der Waals surface area contributed by atoms with Crippen molar-refractivity contribution >= 4 is 11.8 Å². The normalized spacial score (nSPS) is 22.4. The number of carbonyl (C=O) groups is 2. The molecule has 1 fully saturated rings. The van der Waals surface area contributed by atoms with Gasteiger partial charge in [0.15, 0.2) is 0 Å². The third-order valence-corrected chi connectivity index (χ3v) is 2.67. The van der Waals surface area contributed by atoms with Crippen molar-refractivity contribution in [1.29, 1.82) is 0 Å². The van der Waals surface area contributed by atoms with E-state index in [9.17, 15) is 9.59 Å². The van der Waals surface area contributed by atoms with E-state index in [2.05, 4.69) is 0 Å². The van der Waals surface area contributed by atoms with Crippen LogP contribution in [0.15, 0.2) is 0 Å². The fraction of sp³-hybridized carbons (Fsp3) is 0.800. The van der Waals surface area contributed by atoms with Gasteiger partial charge in [0.05, 0.1) is 6.04 Å². The average molecular weight is 213 g/mol. The zero-order chi connectivity index (χ0) is 11.6. The molecule has 1 unspecified atom stereocenters. The molecule has 1 heterocycles. The number of rotatable bonds is 4. The molecule has 2 atom stereocenters. The van der Waals surface area contributed by atoms with Gasteiger partial charge in [0.2, 0.25) is 11.8 Å². The molecule has 1 rings (SSSR count). The molecule has 2 amide bonds. The summed E-state index contributed by atoms with van der Waals surface area (Å²) < 4.78 is 0. The first-order valence-electron chi connectivity index (χ1n) is 5.29. The van der Waals surface area contributed by atoms with E-state index in [0.29, 0.717) is 25.3 Å². The fourth-order valence-electron chi connectivity index (χ4n) is 1.77. The zero-order valence-electron chi connectivity index (χ0n) is 9.27. The van der Waals surface area contributed by atoms with Crippen molar-refractivity contribution in [2.45, 2.75) is 38.8 Å². The second kappa shape index (κ2) is 4.61. The molecule has 4 N–H and O–H groups in total. The first-order chi connectivity index (χ1) is 6.93. The van der Waals surface area contributed by atoms with E-state index in [-0.39, 0.29) is 5.91 Å². The first-order valence-corrected chi connectivity index (χ1v) is 5.29. The van der Waals surface area contributed by atoms with Crippen LogP contribution in [0.5, 0.6) is 0 Å². The highest BCUT2D eigenvalue weighted by Gasteiger charge is 2.38. The zero-order valence-corrected chi connectivity index (χ0v) is 9.27. The van der Waals surface area contributed by atoms with Crippen molar-refractivity contribution in [2.24, 2.45) is 17.4 Å². The Morgan fingerprint density at radius 1 is 1.47 bits per heavy atom. The summed E-state index contributed by atoms with van der Waals surface area (Å²) in [6.45, 7) is 4.61. The highest BCUT2D eigenvalue weighted by molar-refractivity contribution is 5.90. The molecule has 86 valence electrons. The van der Waals surface area contributed by atoms with Gasteiger partial charge in [0.1, 0.15) is 6.04 Å². The number of carbonyl (C=O) groups excluding carboxylic acids is 2. The van der Waals surface area contributed by atoms with Crippen LogP contribution in [0.3, 0.4) is 0 Å². The Morgan fingerprint density at radius 2 is 2.07 bits per heavy atom.